The Morgan fingerprint density at radius 1 is 1.34 bits per heavy atom. The van der Waals surface area contributed by atoms with E-state index in [2.05, 4.69) is 15.0 Å². The first-order chi connectivity index (χ1) is 13.6. The van der Waals surface area contributed by atoms with Crippen LogP contribution in [0.3, 0.4) is 0 Å². The van der Waals surface area contributed by atoms with Crippen LogP contribution in [0.4, 0.5) is 14.7 Å². The number of imidazole rings is 1. The number of halogens is 2. The van der Waals surface area contributed by atoms with Crippen LogP contribution in [0.1, 0.15) is 27.0 Å². The number of phosphoric ester groups is 1. The lowest BCUT2D eigenvalue weighted by Gasteiger charge is -2.28. The number of hydrogen-bond donors (Lipinski definition) is 1. The molecular weight excluding hydrogens is 415 g/mol. The van der Waals surface area contributed by atoms with Crippen molar-refractivity contribution in [3.63, 3.8) is 0 Å². The Kier molecular flexibility index (Phi) is 3.69. The van der Waals surface area contributed by atoms with E-state index in [9.17, 15) is 4.57 Å². The number of nitrogen functional groups attached to an aromatic ring is 1. The molecule has 29 heavy (non-hydrogen) atoms. The van der Waals surface area contributed by atoms with Gasteiger partial charge in [0, 0.05) is 0 Å². The van der Waals surface area contributed by atoms with Gasteiger partial charge in [-0.15, -0.1) is 0 Å². The molecule has 3 aliphatic rings. The van der Waals surface area contributed by atoms with E-state index in [1.807, 2.05) is 0 Å². The molecule has 0 radical (unpaired) electrons. The Morgan fingerprint density at radius 3 is 2.79 bits per heavy atom. The molecule has 0 bridgehead atoms. The molecule has 2 N–H and O–H groups in total. The minimum atomic E-state index is -4.10. The number of rotatable bonds is 5. The fourth-order valence-corrected chi connectivity index (χ4v) is 5.84. The van der Waals surface area contributed by atoms with Gasteiger partial charge in [0.15, 0.2) is 29.2 Å². The van der Waals surface area contributed by atoms with Gasteiger partial charge in [0.25, 0.3) is 5.85 Å². The average Bonchev–Trinajstić information content (AvgIpc) is 3.01. The molecule has 1 saturated carbocycles. The Balaban J connectivity index is 1.58. The second-order valence-corrected chi connectivity index (χ2v) is 8.56. The predicted molar refractivity (Wildman–Crippen MR) is 92.3 cm³/mol. The Labute approximate surface area is 163 Å². The summed E-state index contributed by atoms with van der Waals surface area (Å²) in [5, 5.41) is 0. The zero-order chi connectivity index (χ0) is 20.8. The molecule has 2 aromatic rings. The van der Waals surface area contributed by atoms with Crippen LogP contribution in [-0.4, -0.2) is 56.0 Å². The van der Waals surface area contributed by atoms with Crippen molar-refractivity contribution in [2.75, 3.05) is 18.9 Å². The van der Waals surface area contributed by atoms with Crippen LogP contribution in [0, 0.1) is 0 Å². The van der Waals surface area contributed by atoms with E-state index in [0.29, 0.717) is 0 Å². The fourth-order valence-electron chi connectivity index (χ4n) is 4.07. The molecule has 2 unspecified atom stereocenters. The summed E-state index contributed by atoms with van der Waals surface area (Å²) in [5.74, 6) is -2.69. The number of phosphoric acid groups is 1. The molecule has 2 aliphatic heterocycles. The van der Waals surface area contributed by atoms with E-state index in [-0.39, 0.29) is 36.2 Å². The third-order valence-corrected chi connectivity index (χ3v) is 6.88. The normalized spacial score (nSPS) is 42.8. The summed E-state index contributed by atoms with van der Waals surface area (Å²) in [7, 11) is -4.10. The zero-order valence-corrected chi connectivity index (χ0v) is 16.6. The van der Waals surface area contributed by atoms with Crippen LogP contribution in [-0.2, 0) is 22.9 Å². The van der Waals surface area contributed by atoms with Crippen LogP contribution < -0.4 is 10.5 Å². The lowest BCUT2D eigenvalue weighted by atomic mass is 9.97. The highest BCUT2D eigenvalue weighted by atomic mass is 31.2. The predicted octanol–water partition coefficient (Wildman–Crippen LogP) is 2.04. The third-order valence-electron chi connectivity index (χ3n) is 5.32. The van der Waals surface area contributed by atoms with Crippen molar-refractivity contribution in [3.8, 4) is 5.88 Å². The summed E-state index contributed by atoms with van der Waals surface area (Å²) >= 11 is 0. The topological polar surface area (TPSA) is 133 Å². The molecule has 1 spiro atoms. The number of alkyl halides is 2. The SMILES string of the molecule is CCOc1nc(N)nc2c1ncn2[C@@H]1O[C@]2(F)C3OP(=O)(OCC)O[C@]32[C@@]1(C)F. The zero-order valence-electron chi connectivity index (χ0n) is 15.7. The first-order valence-corrected chi connectivity index (χ1v) is 10.4. The molecule has 5 rings (SSSR count). The average molecular weight is 433 g/mol. The molecule has 1 aliphatic carbocycles. The monoisotopic (exact) mass is 433 g/mol. The molecule has 158 valence electrons. The van der Waals surface area contributed by atoms with Gasteiger partial charge in [-0.2, -0.15) is 9.97 Å². The maximum Gasteiger partial charge on any atom is 0.476 e. The van der Waals surface area contributed by atoms with E-state index < -0.39 is 37.3 Å². The molecule has 0 aromatic carbocycles. The van der Waals surface area contributed by atoms with Crippen molar-refractivity contribution in [2.24, 2.45) is 0 Å². The number of nitrogens with zero attached hydrogens (tertiary/aromatic N) is 4. The summed E-state index contributed by atoms with van der Waals surface area (Å²) < 4.78 is 71.0. The van der Waals surface area contributed by atoms with Crippen LogP contribution in [0.5, 0.6) is 5.88 Å². The molecule has 2 aromatic heterocycles. The third kappa shape index (κ3) is 2.14. The highest BCUT2D eigenvalue weighted by Gasteiger charge is 3.01. The van der Waals surface area contributed by atoms with Crippen molar-refractivity contribution < 1.29 is 36.4 Å². The van der Waals surface area contributed by atoms with Crippen molar-refractivity contribution in [1.29, 1.82) is 0 Å². The second-order valence-electron chi connectivity index (χ2n) is 7.01. The number of nitrogens with two attached hydrogens (primary N) is 1. The van der Waals surface area contributed by atoms with Crippen LogP contribution >= 0.6 is 7.82 Å². The summed E-state index contributed by atoms with van der Waals surface area (Å²) in [5.41, 5.74) is 1.24. The maximum absolute atomic E-state index is 16.0. The number of aromatic nitrogens is 4. The van der Waals surface area contributed by atoms with Gasteiger partial charge in [-0.3, -0.25) is 18.1 Å². The summed E-state index contributed by atoms with van der Waals surface area (Å²) in [6.45, 7) is 4.64. The number of fused-ring (bicyclic) bond motifs is 2. The quantitative estimate of drug-likeness (QED) is 0.699. The van der Waals surface area contributed by atoms with Crippen LogP contribution in [0.2, 0.25) is 0 Å². The molecule has 0 amide bonds. The van der Waals surface area contributed by atoms with E-state index in [1.54, 1.807) is 13.8 Å². The summed E-state index contributed by atoms with van der Waals surface area (Å²) in [6.07, 6.45) is -1.87. The lowest BCUT2D eigenvalue weighted by Crippen LogP contribution is -2.44. The number of anilines is 1. The Hall–Kier alpha value is -1.92. The van der Waals surface area contributed by atoms with E-state index in [1.165, 1.54) is 10.9 Å². The number of ether oxygens (including phenoxy) is 2. The maximum atomic E-state index is 16.0. The molecule has 14 heteroatoms. The minimum Gasteiger partial charge on any atom is -0.476 e. The van der Waals surface area contributed by atoms with Crippen molar-refractivity contribution in [3.05, 3.63) is 6.33 Å². The summed E-state index contributed by atoms with van der Waals surface area (Å²) in [6, 6.07) is 0. The molecular formula is C15H18F2N5O6P. The standard InChI is InChI=1S/C15H18F2N5O6P/c1-4-24-9-7-8(20-12(18)21-9)22(6-19-7)11-13(3,16)14-10(15(14,17)26-11)27-29(23,28-14)25-5-2/h6,10-11H,4-5H2,1-3H3,(H2,18,20,21)/t10?,11-,13+,14+,15-,29?/m1/s1. The van der Waals surface area contributed by atoms with E-state index in [4.69, 9.17) is 28.8 Å². The van der Waals surface area contributed by atoms with E-state index in [0.717, 1.165) is 6.92 Å². The van der Waals surface area contributed by atoms with Crippen molar-refractivity contribution in [2.45, 2.75) is 50.2 Å². The molecule has 11 nitrogen and oxygen atoms in total. The fraction of sp³-hybridized carbons (Fsp3) is 0.667. The first kappa shape index (κ1) is 19.1. The van der Waals surface area contributed by atoms with Crippen LogP contribution in [0.15, 0.2) is 6.33 Å². The van der Waals surface area contributed by atoms with Crippen LogP contribution in [0.25, 0.3) is 11.2 Å². The van der Waals surface area contributed by atoms with Gasteiger partial charge in [0.2, 0.25) is 17.4 Å². The smallest absolute Gasteiger partial charge is 0.476 e. The van der Waals surface area contributed by atoms with Crippen molar-refractivity contribution in [1.82, 2.24) is 19.5 Å². The Bertz CT molecular complexity index is 1070. The van der Waals surface area contributed by atoms with Crippen molar-refractivity contribution >= 4 is 24.9 Å². The highest BCUT2D eigenvalue weighted by Crippen LogP contribution is 2.83. The summed E-state index contributed by atoms with van der Waals surface area (Å²) in [4.78, 5) is 12.1. The van der Waals surface area contributed by atoms with Gasteiger partial charge in [0.1, 0.15) is 0 Å². The molecule has 2 saturated heterocycles. The first-order valence-electron chi connectivity index (χ1n) is 8.95. The largest absolute Gasteiger partial charge is 0.476 e. The molecule has 4 heterocycles. The van der Waals surface area contributed by atoms with Gasteiger partial charge in [-0.1, -0.05) is 0 Å². The second kappa shape index (κ2) is 5.61. The van der Waals surface area contributed by atoms with Gasteiger partial charge < -0.3 is 15.2 Å². The van der Waals surface area contributed by atoms with E-state index >= 15 is 8.78 Å². The van der Waals surface area contributed by atoms with Gasteiger partial charge in [-0.05, 0) is 20.8 Å². The molecule has 6 atom stereocenters. The van der Waals surface area contributed by atoms with Gasteiger partial charge >= 0.3 is 7.82 Å². The molecule has 3 fully saturated rings. The Morgan fingerprint density at radius 2 is 2.10 bits per heavy atom. The number of hydrogen-bond acceptors (Lipinski definition) is 10. The minimum absolute atomic E-state index is 0.0186. The highest BCUT2D eigenvalue weighted by molar-refractivity contribution is 7.48. The lowest BCUT2D eigenvalue weighted by molar-refractivity contribution is -0.155. The van der Waals surface area contributed by atoms with Gasteiger partial charge in [-0.25, -0.2) is 18.3 Å². The van der Waals surface area contributed by atoms with Gasteiger partial charge in [0.05, 0.1) is 19.5 Å².